The first-order valence-electron chi connectivity index (χ1n) is 8.80. The minimum Gasteiger partial charge on any atom is -0.491 e. The van der Waals surface area contributed by atoms with Gasteiger partial charge in [0.05, 0.1) is 13.2 Å². The Kier molecular flexibility index (Phi) is 6.33. The van der Waals surface area contributed by atoms with Gasteiger partial charge in [0.25, 0.3) is 0 Å². The fraction of sp³-hybridized carbons (Fsp3) is 0.350. The van der Waals surface area contributed by atoms with Gasteiger partial charge in [-0.05, 0) is 29.8 Å². The largest absolute Gasteiger partial charge is 0.491 e. The second kappa shape index (κ2) is 9.10. The fourth-order valence-electron chi connectivity index (χ4n) is 2.89. The van der Waals surface area contributed by atoms with Gasteiger partial charge >= 0.3 is 6.09 Å². The Morgan fingerprint density at radius 2 is 1.62 bits per heavy atom. The molecule has 138 valence electrons. The summed E-state index contributed by atoms with van der Waals surface area (Å²) in [4.78, 5) is 14.6. The highest BCUT2D eigenvalue weighted by Crippen LogP contribution is 2.20. The second-order valence-electron chi connectivity index (χ2n) is 6.14. The molecule has 0 aromatic heterocycles. The number of rotatable bonds is 7. The predicted molar refractivity (Wildman–Crippen MR) is 99.8 cm³/mol. The van der Waals surface area contributed by atoms with Crippen molar-refractivity contribution in [3.05, 3.63) is 60.2 Å². The van der Waals surface area contributed by atoms with Gasteiger partial charge in [-0.15, -0.1) is 0 Å². The first-order chi connectivity index (χ1) is 12.7. The van der Waals surface area contributed by atoms with Gasteiger partial charge in [0.15, 0.2) is 0 Å². The molecule has 0 atom stereocenters. The third kappa shape index (κ3) is 5.13. The van der Waals surface area contributed by atoms with E-state index in [-0.39, 0.29) is 0 Å². The number of ether oxygens (including phenoxy) is 2. The Labute approximate surface area is 153 Å². The maximum absolute atomic E-state index is 11.0. The number of carboxylic acid groups (broad SMARTS) is 1. The van der Waals surface area contributed by atoms with Gasteiger partial charge in [-0.2, -0.15) is 0 Å². The Morgan fingerprint density at radius 1 is 0.923 bits per heavy atom. The SMILES string of the molecule is O=C(O)N1CCN(c2ccc(OCCOCc3ccccc3)cc2)CC1. The maximum Gasteiger partial charge on any atom is 0.407 e. The molecule has 2 aromatic rings. The first-order valence-corrected chi connectivity index (χ1v) is 8.80. The van der Waals surface area contributed by atoms with Crippen LogP contribution in [0.3, 0.4) is 0 Å². The van der Waals surface area contributed by atoms with Crippen molar-refractivity contribution in [2.45, 2.75) is 6.61 Å². The average molecular weight is 356 g/mol. The van der Waals surface area contributed by atoms with E-state index in [2.05, 4.69) is 4.90 Å². The van der Waals surface area contributed by atoms with Gasteiger partial charge in [0, 0.05) is 31.9 Å². The van der Waals surface area contributed by atoms with E-state index in [1.54, 1.807) is 0 Å². The van der Waals surface area contributed by atoms with Crippen molar-refractivity contribution in [3.8, 4) is 5.75 Å². The Hall–Kier alpha value is -2.73. The van der Waals surface area contributed by atoms with E-state index in [1.807, 2.05) is 54.6 Å². The summed E-state index contributed by atoms with van der Waals surface area (Å²) < 4.78 is 11.3. The van der Waals surface area contributed by atoms with Gasteiger partial charge in [-0.3, -0.25) is 0 Å². The molecule has 0 aliphatic carbocycles. The summed E-state index contributed by atoms with van der Waals surface area (Å²) in [6.45, 7) is 4.11. The van der Waals surface area contributed by atoms with Crippen LogP contribution in [-0.4, -0.2) is 55.5 Å². The molecule has 1 aliphatic rings. The van der Waals surface area contributed by atoms with Crippen molar-refractivity contribution in [2.24, 2.45) is 0 Å². The highest BCUT2D eigenvalue weighted by Gasteiger charge is 2.20. The molecule has 1 saturated heterocycles. The van der Waals surface area contributed by atoms with E-state index in [1.165, 1.54) is 4.90 Å². The van der Waals surface area contributed by atoms with Gasteiger partial charge < -0.3 is 24.4 Å². The van der Waals surface area contributed by atoms with E-state index in [0.717, 1.165) is 17.0 Å². The van der Waals surface area contributed by atoms with Crippen molar-refractivity contribution < 1.29 is 19.4 Å². The van der Waals surface area contributed by atoms with Crippen LogP contribution in [0.2, 0.25) is 0 Å². The lowest BCUT2D eigenvalue weighted by Gasteiger charge is -2.34. The van der Waals surface area contributed by atoms with Crippen molar-refractivity contribution in [1.29, 1.82) is 0 Å². The van der Waals surface area contributed by atoms with Crippen molar-refractivity contribution in [2.75, 3.05) is 44.3 Å². The zero-order valence-electron chi connectivity index (χ0n) is 14.7. The molecule has 2 aromatic carbocycles. The molecule has 6 nitrogen and oxygen atoms in total. The molecular weight excluding hydrogens is 332 g/mol. The highest BCUT2D eigenvalue weighted by molar-refractivity contribution is 5.65. The zero-order valence-corrected chi connectivity index (χ0v) is 14.7. The summed E-state index contributed by atoms with van der Waals surface area (Å²) in [7, 11) is 0. The molecule has 0 saturated carbocycles. The normalized spacial score (nSPS) is 14.3. The van der Waals surface area contributed by atoms with E-state index in [0.29, 0.717) is 46.0 Å². The molecule has 3 rings (SSSR count). The minimum atomic E-state index is -0.845. The summed E-state index contributed by atoms with van der Waals surface area (Å²) in [6.07, 6.45) is -0.845. The number of amides is 1. The number of anilines is 1. The van der Waals surface area contributed by atoms with E-state index in [9.17, 15) is 4.79 Å². The molecule has 6 heteroatoms. The summed E-state index contributed by atoms with van der Waals surface area (Å²) in [5, 5.41) is 9.00. The lowest BCUT2D eigenvalue weighted by molar-refractivity contribution is 0.0889. The molecule has 1 heterocycles. The molecule has 1 fully saturated rings. The lowest BCUT2D eigenvalue weighted by atomic mass is 10.2. The van der Waals surface area contributed by atoms with Gasteiger partial charge in [0.2, 0.25) is 0 Å². The van der Waals surface area contributed by atoms with Crippen LogP contribution in [0.4, 0.5) is 10.5 Å². The summed E-state index contributed by atoms with van der Waals surface area (Å²) in [5.41, 5.74) is 2.24. The predicted octanol–water partition coefficient (Wildman–Crippen LogP) is 3.08. The molecule has 0 bridgehead atoms. The molecule has 0 radical (unpaired) electrons. The third-order valence-electron chi connectivity index (χ3n) is 4.36. The van der Waals surface area contributed by atoms with Gasteiger partial charge in [-0.25, -0.2) is 4.79 Å². The molecule has 1 amide bonds. The average Bonchev–Trinajstić information content (AvgIpc) is 2.69. The van der Waals surface area contributed by atoms with Crippen LogP contribution in [0.15, 0.2) is 54.6 Å². The van der Waals surface area contributed by atoms with E-state index < -0.39 is 6.09 Å². The Bertz CT molecular complexity index is 683. The monoisotopic (exact) mass is 356 g/mol. The van der Waals surface area contributed by atoms with Gasteiger partial charge in [0.1, 0.15) is 12.4 Å². The van der Waals surface area contributed by atoms with Crippen LogP contribution in [-0.2, 0) is 11.3 Å². The lowest BCUT2D eigenvalue weighted by Crippen LogP contribution is -2.48. The molecular formula is C20H24N2O4. The summed E-state index contributed by atoms with van der Waals surface area (Å²) in [6, 6.07) is 18.0. The van der Waals surface area contributed by atoms with Crippen molar-refractivity contribution in [1.82, 2.24) is 4.90 Å². The fourth-order valence-corrected chi connectivity index (χ4v) is 2.89. The van der Waals surface area contributed by atoms with E-state index in [4.69, 9.17) is 14.6 Å². The molecule has 26 heavy (non-hydrogen) atoms. The summed E-state index contributed by atoms with van der Waals surface area (Å²) in [5.74, 6) is 0.807. The topological polar surface area (TPSA) is 62.2 Å². The van der Waals surface area contributed by atoms with Crippen molar-refractivity contribution in [3.63, 3.8) is 0 Å². The molecule has 1 N–H and O–H groups in total. The Morgan fingerprint density at radius 3 is 2.27 bits per heavy atom. The number of hydrogen-bond acceptors (Lipinski definition) is 4. The summed E-state index contributed by atoms with van der Waals surface area (Å²) >= 11 is 0. The number of nitrogens with zero attached hydrogens (tertiary/aromatic N) is 2. The standard InChI is InChI=1S/C20H24N2O4/c23-20(24)22-12-10-21(11-13-22)18-6-8-19(9-7-18)26-15-14-25-16-17-4-2-1-3-5-17/h1-9H,10-16H2,(H,23,24). The molecule has 1 aliphatic heterocycles. The smallest absolute Gasteiger partial charge is 0.407 e. The number of hydrogen-bond donors (Lipinski definition) is 1. The highest BCUT2D eigenvalue weighted by atomic mass is 16.5. The number of carbonyl (C=O) groups is 1. The third-order valence-corrected chi connectivity index (χ3v) is 4.36. The van der Waals surface area contributed by atoms with Crippen LogP contribution in [0.1, 0.15) is 5.56 Å². The zero-order chi connectivity index (χ0) is 18.2. The van der Waals surface area contributed by atoms with Crippen LogP contribution in [0.25, 0.3) is 0 Å². The first kappa shape index (κ1) is 18.1. The molecule has 0 spiro atoms. The quantitative estimate of drug-likeness (QED) is 0.773. The molecule has 0 unspecified atom stereocenters. The number of benzene rings is 2. The van der Waals surface area contributed by atoms with Crippen molar-refractivity contribution >= 4 is 11.8 Å². The van der Waals surface area contributed by atoms with Crippen LogP contribution >= 0.6 is 0 Å². The van der Waals surface area contributed by atoms with Gasteiger partial charge in [-0.1, -0.05) is 30.3 Å². The Balaban J connectivity index is 1.37. The van der Waals surface area contributed by atoms with Crippen LogP contribution < -0.4 is 9.64 Å². The second-order valence-corrected chi connectivity index (χ2v) is 6.14. The van der Waals surface area contributed by atoms with Crippen LogP contribution in [0, 0.1) is 0 Å². The minimum absolute atomic E-state index is 0.503. The maximum atomic E-state index is 11.0. The van der Waals surface area contributed by atoms with Crippen LogP contribution in [0.5, 0.6) is 5.75 Å². The number of piperazine rings is 1. The van der Waals surface area contributed by atoms with E-state index >= 15 is 0 Å².